The van der Waals surface area contributed by atoms with E-state index < -0.39 is 0 Å². The van der Waals surface area contributed by atoms with Crippen LogP contribution in [0, 0.1) is 5.92 Å². The molecule has 2 aliphatic heterocycles. The van der Waals surface area contributed by atoms with Crippen LogP contribution in [0.15, 0.2) is 18.5 Å². The number of hydrogen-bond acceptors (Lipinski definition) is 3. The van der Waals surface area contributed by atoms with Gasteiger partial charge in [0.1, 0.15) is 0 Å². The Morgan fingerprint density at radius 2 is 1.96 bits per heavy atom. The molecule has 1 amide bonds. The van der Waals surface area contributed by atoms with E-state index in [1.165, 1.54) is 6.42 Å². The van der Waals surface area contributed by atoms with Gasteiger partial charge in [0.05, 0.1) is 0 Å². The van der Waals surface area contributed by atoms with Crippen LogP contribution in [0.3, 0.4) is 0 Å². The molecule has 24 heavy (non-hydrogen) atoms. The molecular formula is C19H32N4O. The second kappa shape index (κ2) is 8.15. The van der Waals surface area contributed by atoms with Gasteiger partial charge in [-0.05, 0) is 71.5 Å². The number of carbonyl (C=O) groups excluding carboxylic acids is 1. The van der Waals surface area contributed by atoms with Crippen molar-refractivity contribution in [1.29, 1.82) is 0 Å². The van der Waals surface area contributed by atoms with Gasteiger partial charge in [0.25, 0.3) is 0 Å². The van der Waals surface area contributed by atoms with Crippen LogP contribution >= 0.6 is 0 Å². The van der Waals surface area contributed by atoms with Gasteiger partial charge in [-0.1, -0.05) is 0 Å². The van der Waals surface area contributed by atoms with Crippen LogP contribution < -0.4 is 0 Å². The standard InChI is InChI=1S/C19H32N4O/c1-16(2)21-13-7-17(8-14-21)19(24)23-12-4-3-6-18(23)9-15-22-11-5-10-20-22/h5,10-11,16-18H,3-4,6-9,12-15H2,1-2H3/t18-/m1/s1. The van der Waals surface area contributed by atoms with E-state index in [4.69, 9.17) is 0 Å². The minimum Gasteiger partial charge on any atom is -0.339 e. The molecule has 134 valence electrons. The summed E-state index contributed by atoms with van der Waals surface area (Å²) in [5.74, 6) is 0.661. The summed E-state index contributed by atoms with van der Waals surface area (Å²) in [5, 5.41) is 4.29. The molecule has 2 aliphatic rings. The third-order valence-electron chi connectivity index (χ3n) is 5.77. The summed E-state index contributed by atoms with van der Waals surface area (Å²) >= 11 is 0. The smallest absolute Gasteiger partial charge is 0.226 e. The SMILES string of the molecule is CC(C)N1CCC(C(=O)N2CCCC[C@@H]2CCn2cccn2)CC1. The first-order valence-electron chi connectivity index (χ1n) is 9.67. The van der Waals surface area contributed by atoms with Crippen molar-refractivity contribution >= 4 is 5.91 Å². The van der Waals surface area contributed by atoms with E-state index in [9.17, 15) is 4.79 Å². The van der Waals surface area contributed by atoms with Gasteiger partial charge in [0.2, 0.25) is 5.91 Å². The van der Waals surface area contributed by atoms with Crippen molar-refractivity contribution in [2.75, 3.05) is 19.6 Å². The van der Waals surface area contributed by atoms with Gasteiger partial charge in [0.15, 0.2) is 0 Å². The highest BCUT2D eigenvalue weighted by molar-refractivity contribution is 5.79. The first-order chi connectivity index (χ1) is 11.6. The van der Waals surface area contributed by atoms with Crippen LogP contribution in [0.1, 0.15) is 52.4 Å². The summed E-state index contributed by atoms with van der Waals surface area (Å²) < 4.78 is 1.98. The lowest BCUT2D eigenvalue weighted by molar-refractivity contribution is -0.141. The fourth-order valence-corrected chi connectivity index (χ4v) is 4.20. The Hall–Kier alpha value is -1.36. The summed E-state index contributed by atoms with van der Waals surface area (Å²) in [4.78, 5) is 17.8. The minimum absolute atomic E-state index is 0.241. The third-order valence-corrected chi connectivity index (χ3v) is 5.77. The fourth-order valence-electron chi connectivity index (χ4n) is 4.20. The van der Waals surface area contributed by atoms with Gasteiger partial charge < -0.3 is 9.80 Å². The zero-order chi connectivity index (χ0) is 16.9. The van der Waals surface area contributed by atoms with Gasteiger partial charge in [-0.15, -0.1) is 0 Å². The normalized spacial score (nSPS) is 23.8. The number of piperidine rings is 2. The molecule has 0 spiro atoms. The van der Waals surface area contributed by atoms with Crippen LogP contribution in [-0.4, -0.2) is 57.2 Å². The lowest BCUT2D eigenvalue weighted by atomic mass is 9.91. The number of nitrogens with zero attached hydrogens (tertiary/aromatic N) is 4. The molecule has 0 aromatic carbocycles. The Balaban J connectivity index is 1.55. The maximum absolute atomic E-state index is 13.1. The Bertz CT molecular complexity index is 505. The van der Waals surface area contributed by atoms with Gasteiger partial charge in [-0.3, -0.25) is 9.48 Å². The summed E-state index contributed by atoms with van der Waals surface area (Å²) in [6.45, 7) is 8.50. The second-order valence-electron chi connectivity index (χ2n) is 7.64. The molecule has 1 atom stereocenters. The van der Waals surface area contributed by atoms with Crippen LogP contribution in [0.25, 0.3) is 0 Å². The third kappa shape index (κ3) is 4.18. The Morgan fingerprint density at radius 3 is 2.62 bits per heavy atom. The highest BCUT2D eigenvalue weighted by atomic mass is 16.2. The Morgan fingerprint density at radius 1 is 1.17 bits per heavy atom. The topological polar surface area (TPSA) is 41.4 Å². The highest BCUT2D eigenvalue weighted by Gasteiger charge is 2.33. The van der Waals surface area contributed by atoms with Gasteiger partial charge in [-0.2, -0.15) is 5.10 Å². The van der Waals surface area contributed by atoms with Gasteiger partial charge >= 0.3 is 0 Å². The lowest BCUT2D eigenvalue weighted by Crippen LogP contribution is -2.49. The monoisotopic (exact) mass is 332 g/mol. The van der Waals surface area contributed by atoms with Crippen LogP contribution in [0.2, 0.25) is 0 Å². The number of aryl methyl sites for hydroxylation is 1. The molecule has 1 aromatic rings. The number of rotatable bonds is 5. The fraction of sp³-hybridized carbons (Fsp3) is 0.789. The quantitative estimate of drug-likeness (QED) is 0.832. The highest BCUT2D eigenvalue weighted by Crippen LogP contribution is 2.27. The molecule has 0 radical (unpaired) electrons. The molecule has 0 saturated carbocycles. The van der Waals surface area contributed by atoms with E-state index in [0.717, 1.165) is 58.3 Å². The van der Waals surface area contributed by atoms with Crippen molar-refractivity contribution in [2.24, 2.45) is 5.92 Å². The van der Waals surface area contributed by atoms with Crippen molar-refractivity contribution in [2.45, 2.75) is 71.0 Å². The van der Waals surface area contributed by atoms with E-state index in [-0.39, 0.29) is 5.92 Å². The largest absolute Gasteiger partial charge is 0.339 e. The van der Waals surface area contributed by atoms with Crippen LogP contribution in [0.4, 0.5) is 0 Å². The van der Waals surface area contributed by atoms with E-state index in [1.807, 2.05) is 23.1 Å². The number of aromatic nitrogens is 2. The van der Waals surface area contributed by atoms with Crippen LogP contribution in [-0.2, 0) is 11.3 Å². The summed E-state index contributed by atoms with van der Waals surface area (Å²) in [6.07, 6.45) is 10.5. The van der Waals surface area contributed by atoms with Crippen LogP contribution in [0.5, 0.6) is 0 Å². The molecule has 0 N–H and O–H groups in total. The second-order valence-corrected chi connectivity index (χ2v) is 7.64. The molecule has 0 unspecified atom stereocenters. The summed E-state index contributed by atoms with van der Waals surface area (Å²) in [7, 11) is 0. The zero-order valence-electron chi connectivity index (χ0n) is 15.2. The number of likely N-dealkylation sites (tertiary alicyclic amines) is 2. The molecule has 5 heteroatoms. The van der Waals surface area contributed by atoms with Crippen molar-refractivity contribution in [3.8, 4) is 0 Å². The van der Waals surface area contributed by atoms with E-state index in [1.54, 1.807) is 0 Å². The molecular weight excluding hydrogens is 300 g/mol. The molecule has 2 fully saturated rings. The number of amides is 1. The maximum atomic E-state index is 13.1. The average Bonchev–Trinajstić information content (AvgIpc) is 3.13. The molecule has 0 bridgehead atoms. The maximum Gasteiger partial charge on any atom is 0.226 e. The van der Waals surface area contributed by atoms with E-state index in [2.05, 4.69) is 28.7 Å². The lowest BCUT2D eigenvalue weighted by Gasteiger charge is -2.40. The van der Waals surface area contributed by atoms with Crippen molar-refractivity contribution < 1.29 is 4.79 Å². The van der Waals surface area contributed by atoms with Crippen molar-refractivity contribution in [3.05, 3.63) is 18.5 Å². The molecule has 5 nitrogen and oxygen atoms in total. The van der Waals surface area contributed by atoms with E-state index in [0.29, 0.717) is 18.0 Å². The molecule has 3 rings (SSSR count). The summed E-state index contributed by atoms with van der Waals surface area (Å²) in [6, 6.07) is 2.96. The zero-order valence-corrected chi connectivity index (χ0v) is 15.2. The first-order valence-corrected chi connectivity index (χ1v) is 9.67. The Kier molecular flexibility index (Phi) is 5.93. The summed E-state index contributed by atoms with van der Waals surface area (Å²) in [5.41, 5.74) is 0. The predicted octanol–water partition coefficient (Wildman–Crippen LogP) is 2.77. The van der Waals surface area contributed by atoms with Crippen molar-refractivity contribution in [1.82, 2.24) is 19.6 Å². The van der Waals surface area contributed by atoms with Gasteiger partial charge in [-0.25, -0.2) is 0 Å². The van der Waals surface area contributed by atoms with Crippen molar-refractivity contribution in [3.63, 3.8) is 0 Å². The first kappa shape index (κ1) is 17.5. The molecule has 0 aliphatic carbocycles. The van der Waals surface area contributed by atoms with Gasteiger partial charge in [0, 0.05) is 43.5 Å². The molecule has 2 saturated heterocycles. The molecule has 1 aromatic heterocycles. The number of carbonyl (C=O) groups is 1. The van der Waals surface area contributed by atoms with E-state index >= 15 is 0 Å². The minimum atomic E-state index is 0.241. The molecule has 3 heterocycles. The predicted molar refractivity (Wildman–Crippen MR) is 95.6 cm³/mol. The average molecular weight is 332 g/mol. The number of hydrogen-bond donors (Lipinski definition) is 0. The Labute approximate surface area is 146 Å².